The highest BCUT2D eigenvalue weighted by Gasteiger charge is 2.15. The molecule has 0 aliphatic rings. The number of hydrogen-bond donors (Lipinski definition) is 1. The van der Waals surface area contributed by atoms with Crippen LogP contribution in [0, 0.1) is 10.1 Å². The number of nitrogens with zero attached hydrogens (tertiary/aromatic N) is 2. The molecule has 20 heavy (non-hydrogen) atoms. The summed E-state index contributed by atoms with van der Waals surface area (Å²) in [6, 6.07) is 9.34. The monoisotopic (exact) mass is 291 g/mol. The van der Waals surface area contributed by atoms with Crippen LogP contribution in [0.4, 0.5) is 5.69 Å². The molecule has 1 amide bonds. The second kappa shape index (κ2) is 6.12. The maximum absolute atomic E-state index is 11.9. The van der Waals surface area contributed by atoms with E-state index < -0.39 is 10.8 Å². The maximum atomic E-state index is 11.9. The van der Waals surface area contributed by atoms with Crippen LogP contribution in [0.15, 0.2) is 42.6 Å². The number of carbonyl (C=O) groups is 1. The largest absolute Gasteiger partial charge is 0.348 e. The normalized spacial score (nSPS) is 10.1. The van der Waals surface area contributed by atoms with Crippen LogP contribution < -0.4 is 5.32 Å². The summed E-state index contributed by atoms with van der Waals surface area (Å²) < 4.78 is 0. The molecular weight excluding hydrogens is 282 g/mol. The van der Waals surface area contributed by atoms with Crippen LogP contribution in [0.5, 0.6) is 0 Å². The lowest BCUT2D eigenvalue weighted by atomic mass is 10.1. The molecule has 0 radical (unpaired) electrons. The van der Waals surface area contributed by atoms with Gasteiger partial charge in [-0.3, -0.25) is 14.9 Å². The maximum Gasteiger partial charge on any atom is 0.274 e. The highest BCUT2D eigenvalue weighted by molar-refractivity contribution is 6.32. The van der Waals surface area contributed by atoms with Crippen molar-refractivity contribution in [1.82, 2.24) is 10.3 Å². The van der Waals surface area contributed by atoms with Gasteiger partial charge in [-0.15, -0.1) is 0 Å². The van der Waals surface area contributed by atoms with E-state index in [0.29, 0.717) is 5.56 Å². The fourth-order valence-corrected chi connectivity index (χ4v) is 1.87. The number of para-hydroxylation sites is 1. The minimum atomic E-state index is -0.488. The topological polar surface area (TPSA) is 85.1 Å². The van der Waals surface area contributed by atoms with Crippen LogP contribution in [0.2, 0.25) is 5.15 Å². The smallest absolute Gasteiger partial charge is 0.274 e. The summed E-state index contributed by atoms with van der Waals surface area (Å²) in [6.45, 7) is 0.0429. The van der Waals surface area contributed by atoms with Crippen LogP contribution in [-0.2, 0) is 6.54 Å². The molecule has 6 nitrogen and oxygen atoms in total. The number of halogens is 1. The third-order valence-electron chi connectivity index (χ3n) is 2.63. The summed E-state index contributed by atoms with van der Waals surface area (Å²) in [5, 5.41) is 13.5. The third-order valence-corrected chi connectivity index (χ3v) is 2.93. The van der Waals surface area contributed by atoms with Crippen molar-refractivity contribution in [3.8, 4) is 0 Å². The van der Waals surface area contributed by atoms with E-state index in [-0.39, 0.29) is 22.9 Å². The molecule has 1 aromatic heterocycles. The van der Waals surface area contributed by atoms with E-state index in [0.717, 1.165) is 0 Å². The average Bonchev–Trinajstić information content (AvgIpc) is 2.45. The van der Waals surface area contributed by atoms with Gasteiger partial charge in [0.05, 0.1) is 10.5 Å². The Morgan fingerprint density at radius 2 is 2.05 bits per heavy atom. The van der Waals surface area contributed by atoms with Gasteiger partial charge in [0, 0.05) is 24.4 Å². The molecule has 1 heterocycles. The second-order valence-electron chi connectivity index (χ2n) is 3.91. The van der Waals surface area contributed by atoms with Crippen molar-refractivity contribution in [2.75, 3.05) is 0 Å². The predicted octanol–water partition coefficient (Wildman–Crippen LogP) is 2.57. The molecule has 0 unspecified atom stereocenters. The van der Waals surface area contributed by atoms with Crippen LogP contribution >= 0.6 is 11.6 Å². The fraction of sp³-hybridized carbons (Fsp3) is 0.0769. The molecular formula is C13H10ClN3O3. The van der Waals surface area contributed by atoms with Gasteiger partial charge in [-0.1, -0.05) is 29.8 Å². The number of rotatable bonds is 4. The van der Waals surface area contributed by atoms with Crippen LogP contribution in [0.3, 0.4) is 0 Å². The predicted molar refractivity (Wildman–Crippen MR) is 73.5 cm³/mol. The second-order valence-corrected chi connectivity index (χ2v) is 4.27. The van der Waals surface area contributed by atoms with Gasteiger partial charge in [-0.25, -0.2) is 4.98 Å². The van der Waals surface area contributed by atoms with E-state index in [2.05, 4.69) is 10.3 Å². The van der Waals surface area contributed by atoms with E-state index in [4.69, 9.17) is 11.6 Å². The molecule has 0 saturated heterocycles. The van der Waals surface area contributed by atoms with Gasteiger partial charge < -0.3 is 5.32 Å². The van der Waals surface area contributed by atoms with Crippen molar-refractivity contribution in [2.45, 2.75) is 6.54 Å². The van der Waals surface area contributed by atoms with E-state index >= 15 is 0 Å². The minimum absolute atomic E-state index is 0.0370. The molecule has 2 rings (SSSR count). The lowest BCUT2D eigenvalue weighted by Crippen LogP contribution is -2.23. The van der Waals surface area contributed by atoms with Crippen molar-refractivity contribution in [1.29, 1.82) is 0 Å². The zero-order valence-corrected chi connectivity index (χ0v) is 11.0. The standard InChI is InChI=1S/C13H10ClN3O3/c14-12-10(5-3-7-15-12)13(18)16-8-9-4-1-2-6-11(9)17(19)20/h1-7H,8H2,(H,16,18). The van der Waals surface area contributed by atoms with E-state index in [1.165, 1.54) is 18.3 Å². The molecule has 0 atom stereocenters. The first kappa shape index (κ1) is 14.0. The van der Waals surface area contributed by atoms with Gasteiger partial charge in [-0.05, 0) is 12.1 Å². The third kappa shape index (κ3) is 3.10. The number of nitrogens with one attached hydrogen (secondary N) is 1. The Balaban J connectivity index is 2.12. The molecule has 2 aromatic rings. The molecule has 1 N–H and O–H groups in total. The SMILES string of the molecule is O=C(NCc1ccccc1[N+](=O)[O-])c1cccnc1Cl. The first-order valence-electron chi connectivity index (χ1n) is 5.70. The number of hydrogen-bond acceptors (Lipinski definition) is 4. The summed E-state index contributed by atoms with van der Waals surface area (Å²) >= 11 is 5.80. The number of carbonyl (C=O) groups excluding carboxylic acids is 1. The van der Waals surface area contributed by atoms with E-state index in [1.807, 2.05) is 0 Å². The van der Waals surface area contributed by atoms with Crippen LogP contribution in [-0.4, -0.2) is 15.8 Å². The highest BCUT2D eigenvalue weighted by atomic mass is 35.5. The summed E-state index contributed by atoms with van der Waals surface area (Å²) in [6.07, 6.45) is 1.47. The zero-order valence-electron chi connectivity index (χ0n) is 10.2. The van der Waals surface area contributed by atoms with Gasteiger partial charge >= 0.3 is 0 Å². The molecule has 0 aliphatic carbocycles. The highest BCUT2D eigenvalue weighted by Crippen LogP contribution is 2.18. The Morgan fingerprint density at radius 1 is 1.30 bits per heavy atom. The number of aromatic nitrogens is 1. The van der Waals surface area contributed by atoms with Gasteiger partial charge in [0.2, 0.25) is 0 Å². The van der Waals surface area contributed by atoms with Crippen molar-refractivity contribution in [3.63, 3.8) is 0 Å². The lowest BCUT2D eigenvalue weighted by molar-refractivity contribution is -0.385. The summed E-state index contributed by atoms with van der Waals surface area (Å²) in [4.78, 5) is 26.1. The summed E-state index contributed by atoms with van der Waals surface area (Å²) in [5.74, 6) is -0.429. The Morgan fingerprint density at radius 3 is 2.75 bits per heavy atom. The Hall–Kier alpha value is -2.47. The van der Waals surface area contributed by atoms with Gasteiger partial charge in [0.1, 0.15) is 5.15 Å². The summed E-state index contributed by atoms with van der Waals surface area (Å²) in [5.41, 5.74) is 0.615. The minimum Gasteiger partial charge on any atom is -0.348 e. The molecule has 102 valence electrons. The first-order chi connectivity index (χ1) is 9.59. The Bertz CT molecular complexity index is 661. The van der Waals surface area contributed by atoms with Gasteiger partial charge in [0.15, 0.2) is 0 Å². The molecule has 0 aliphatic heterocycles. The number of nitro groups is 1. The average molecular weight is 292 g/mol. The molecule has 1 aromatic carbocycles. The first-order valence-corrected chi connectivity index (χ1v) is 6.08. The number of nitro benzene ring substituents is 1. The molecule has 7 heteroatoms. The van der Waals surface area contributed by atoms with E-state index in [1.54, 1.807) is 24.3 Å². The Kier molecular flexibility index (Phi) is 4.27. The fourth-order valence-electron chi connectivity index (χ4n) is 1.66. The quantitative estimate of drug-likeness (QED) is 0.533. The van der Waals surface area contributed by atoms with Crippen molar-refractivity contribution < 1.29 is 9.72 Å². The van der Waals surface area contributed by atoms with Crippen LogP contribution in [0.25, 0.3) is 0 Å². The van der Waals surface area contributed by atoms with Crippen molar-refractivity contribution >= 4 is 23.2 Å². The number of amides is 1. The summed E-state index contributed by atoms with van der Waals surface area (Å²) in [7, 11) is 0. The number of pyridine rings is 1. The molecule has 0 saturated carbocycles. The molecule has 0 bridgehead atoms. The number of benzene rings is 1. The lowest BCUT2D eigenvalue weighted by Gasteiger charge is -2.06. The molecule has 0 spiro atoms. The van der Waals surface area contributed by atoms with Crippen molar-refractivity contribution in [3.05, 3.63) is 69.0 Å². The molecule has 0 fully saturated rings. The van der Waals surface area contributed by atoms with Gasteiger partial charge in [-0.2, -0.15) is 0 Å². The van der Waals surface area contributed by atoms with E-state index in [9.17, 15) is 14.9 Å². The van der Waals surface area contributed by atoms with Crippen molar-refractivity contribution in [2.24, 2.45) is 0 Å². The Labute approximate surface area is 119 Å². The van der Waals surface area contributed by atoms with Gasteiger partial charge in [0.25, 0.3) is 11.6 Å². The zero-order chi connectivity index (χ0) is 14.5. The van der Waals surface area contributed by atoms with Crippen LogP contribution in [0.1, 0.15) is 15.9 Å².